The van der Waals surface area contributed by atoms with Crippen molar-refractivity contribution in [3.63, 3.8) is 0 Å². The lowest BCUT2D eigenvalue weighted by Gasteiger charge is -1.93. The van der Waals surface area contributed by atoms with E-state index in [-0.39, 0.29) is 0 Å². The molecule has 0 amide bonds. The summed E-state index contributed by atoms with van der Waals surface area (Å²) in [5, 5.41) is 1.39. The summed E-state index contributed by atoms with van der Waals surface area (Å²) in [5.41, 5.74) is 2.41. The van der Waals surface area contributed by atoms with Gasteiger partial charge in [0, 0.05) is 10.0 Å². The lowest BCUT2D eigenvalue weighted by molar-refractivity contribution is 1.47. The zero-order chi connectivity index (χ0) is 12.0. The van der Waals surface area contributed by atoms with E-state index in [0.717, 1.165) is 5.56 Å². The van der Waals surface area contributed by atoms with Crippen molar-refractivity contribution in [1.29, 1.82) is 0 Å². The van der Waals surface area contributed by atoms with Gasteiger partial charge in [0.1, 0.15) is 0 Å². The van der Waals surface area contributed by atoms with Crippen LogP contribution >= 0.6 is 23.2 Å². The molecule has 0 nitrogen and oxygen atoms in total. The molecule has 0 bridgehead atoms. The molecule has 0 saturated heterocycles. The first-order valence-electron chi connectivity index (χ1n) is 5.02. The summed E-state index contributed by atoms with van der Waals surface area (Å²) in [6.07, 6.45) is 0. The van der Waals surface area contributed by atoms with E-state index in [9.17, 15) is 0 Å². The molecule has 0 aliphatic rings. The summed E-state index contributed by atoms with van der Waals surface area (Å²) >= 11 is 11.3. The van der Waals surface area contributed by atoms with E-state index in [1.54, 1.807) is 6.07 Å². The second-order valence-corrected chi connectivity index (χ2v) is 4.47. The van der Waals surface area contributed by atoms with E-state index in [4.69, 9.17) is 23.2 Å². The van der Waals surface area contributed by atoms with Crippen molar-refractivity contribution in [2.75, 3.05) is 0 Å². The van der Waals surface area contributed by atoms with Crippen LogP contribution in [0.5, 0.6) is 0 Å². The van der Waals surface area contributed by atoms with Crippen molar-refractivity contribution in [3.8, 4) is 0 Å². The fourth-order valence-electron chi connectivity index (χ4n) is 1.23. The Morgan fingerprint density at radius 3 is 1.50 bits per heavy atom. The maximum atomic E-state index is 5.67. The van der Waals surface area contributed by atoms with Crippen molar-refractivity contribution in [2.24, 2.45) is 0 Å². The van der Waals surface area contributed by atoms with Gasteiger partial charge in [0.15, 0.2) is 0 Å². The molecule has 0 atom stereocenters. The van der Waals surface area contributed by atoms with Gasteiger partial charge >= 0.3 is 0 Å². The fourth-order valence-corrected chi connectivity index (χ4v) is 1.86. The summed E-state index contributed by atoms with van der Waals surface area (Å²) in [7, 11) is 0. The van der Waals surface area contributed by atoms with Crippen molar-refractivity contribution in [3.05, 3.63) is 69.7 Å². The van der Waals surface area contributed by atoms with E-state index >= 15 is 0 Å². The van der Waals surface area contributed by atoms with E-state index in [1.165, 1.54) is 5.56 Å². The first-order valence-corrected chi connectivity index (χ1v) is 5.78. The smallest absolute Gasteiger partial charge is 0.0423 e. The van der Waals surface area contributed by atoms with Gasteiger partial charge in [0.05, 0.1) is 0 Å². The zero-order valence-corrected chi connectivity index (χ0v) is 10.9. The third-order valence-electron chi connectivity index (χ3n) is 1.95. The van der Waals surface area contributed by atoms with E-state index < -0.39 is 0 Å². The first-order chi connectivity index (χ1) is 7.58. The number of aryl methyl sites for hydroxylation is 2. The molecule has 84 valence electrons. The Balaban J connectivity index is 0.000000165. The Kier molecular flexibility index (Phi) is 5.37. The van der Waals surface area contributed by atoms with Crippen LogP contribution in [-0.2, 0) is 0 Å². The highest BCUT2D eigenvalue weighted by Gasteiger charge is 1.91. The molecule has 0 aliphatic heterocycles. The molecule has 0 fully saturated rings. The topological polar surface area (TPSA) is 0 Å². The molecule has 16 heavy (non-hydrogen) atoms. The van der Waals surface area contributed by atoms with Gasteiger partial charge in [-0.3, -0.25) is 0 Å². The average molecular weight is 253 g/mol. The van der Waals surface area contributed by atoms with E-state index in [1.807, 2.05) is 37.3 Å². The molecule has 0 unspecified atom stereocenters. The second kappa shape index (κ2) is 6.57. The van der Waals surface area contributed by atoms with Gasteiger partial charge in [-0.25, -0.2) is 0 Å². The lowest BCUT2D eigenvalue weighted by atomic mass is 10.2. The largest absolute Gasteiger partial charge is 0.0843 e. The molecular weight excluding hydrogens is 239 g/mol. The van der Waals surface area contributed by atoms with Crippen LogP contribution in [-0.4, -0.2) is 0 Å². The molecule has 0 saturated carbocycles. The maximum absolute atomic E-state index is 5.67. The van der Waals surface area contributed by atoms with Crippen molar-refractivity contribution in [2.45, 2.75) is 13.8 Å². The Labute approximate surface area is 107 Å². The van der Waals surface area contributed by atoms with Gasteiger partial charge in [-0.15, -0.1) is 0 Å². The highest BCUT2D eigenvalue weighted by Crippen LogP contribution is 2.17. The van der Waals surface area contributed by atoms with Gasteiger partial charge in [-0.2, -0.15) is 0 Å². The Morgan fingerprint density at radius 2 is 1.19 bits per heavy atom. The Hall–Kier alpha value is -0.980. The summed E-state index contributed by atoms with van der Waals surface area (Å²) in [6.45, 7) is 4.04. The molecule has 0 N–H and O–H groups in total. The molecule has 0 aromatic heterocycles. The minimum atomic E-state index is 0.694. The van der Waals surface area contributed by atoms with Crippen LogP contribution in [0.15, 0.2) is 48.5 Å². The summed E-state index contributed by atoms with van der Waals surface area (Å²) in [6, 6.07) is 15.7. The molecule has 2 aromatic rings. The molecule has 2 aromatic carbocycles. The molecule has 2 rings (SSSR count). The summed E-state index contributed by atoms with van der Waals surface area (Å²) < 4.78 is 0. The van der Waals surface area contributed by atoms with Crippen molar-refractivity contribution in [1.82, 2.24) is 0 Å². The average Bonchev–Trinajstić information content (AvgIpc) is 2.17. The van der Waals surface area contributed by atoms with Crippen LogP contribution in [0.4, 0.5) is 0 Å². The van der Waals surface area contributed by atoms with Crippen LogP contribution in [0.1, 0.15) is 11.1 Å². The number of hydrogen-bond acceptors (Lipinski definition) is 0. The van der Waals surface area contributed by atoms with Gasteiger partial charge < -0.3 is 0 Å². The van der Waals surface area contributed by atoms with Gasteiger partial charge in [0.2, 0.25) is 0 Å². The monoisotopic (exact) mass is 252 g/mol. The first kappa shape index (κ1) is 13.1. The van der Waals surface area contributed by atoms with Crippen LogP contribution in [0.25, 0.3) is 0 Å². The molecule has 0 spiro atoms. The third kappa shape index (κ3) is 5.20. The minimum absolute atomic E-state index is 0.694. The SMILES string of the molecule is Cc1cc(Cl)cc(Cl)c1.Cc1ccccc1. The number of halogens is 2. The number of benzene rings is 2. The van der Waals surface area contributed by atoms with Crippen LogP contribution < -0.4 is 0 Å². The van der Waals surface area contributed by atoms with Crippen LogP contribution in [0.2, 0.25) is 10.0 Å². The molecule has 2 heteroatoms. The van der Waals surface area contributed by atoms with Crippen molar-refractivity contribution < 1.29 is 0 Å². The predicted octanol–water partition coefficient (Wildman–Crippen LogP) is 5.30. The fraction of sp³-hybridized carbons (Fsp3) is 0.143. The van der Waals surface area contributed by atoms with Crippen LogP contribution in [0, 0.1) is 13.8 Å². The Morgan fingerprint density at radius 1 is 0.688 bits per heavy atom. The zero-order valence-electron chi connectivity index (χ0n) is 9.37. The van der Waals surface area contributed by atoms with E-state index in [2.05, 4.69) is 19.1 Å². The van der Waals surface area contributed by atoms with Crippen molar-refractivity contribution >= 4 is 23.2 Å². The quantitative estimate of drug-likeness (QED) is 0.597. The predicted molar refractivity (Wildman–Crippen MR) is 72.4 cm³/mol. The Bertz CT molecular complexity index is 385. The second-order valence-electron chi connectivity index (χ2n) is 3.60. The molecule has 0 aliphatic carbocycles. The minimum Gasteiger partial charge on any atom is -0.0843 e. The lowest BCUT2D eigenvalue weighted by Crippen LogP contribution is -1.70. The summed E-state index contributed by atoms with van der Waals surface area (Å²) in [5.74, 6) is 0. The standard InChI is InChI=1S/C7H6Cl2.C7H8/c1-5-2-6(8)4-7(9)3-5;1-7-5-3-2-4-6-7/h2-4H,1H3;2-6H,1H3. The summed E-state index contributed by atoms with van der Waals surface area (Å²) in [4.78, 5) is 0. The van der Waals surface area contributed by atoms with Gasteiger partial charge in [-0.1, -0.05) is 59.1 Å². The highest BCUT2D eigenvalue weighted by molar-refractivity contribution is 6.34. The van der Waals surface area contributed by atoms with Crippen LogP contribution in [0.3, 0.4) is 0 Å². The maximum Gasteiger partial charge on any atom is 0.0423 e. The number of hydrogen-bond donors (Lipinski definition) is 0. The van der Waals surface area contributed by atoms with E-state index in [0.29, 0.717) is 10.0 Å². The highest BCUT2D eigenvalue weighted by atomic mass is 35.5. The molecule has 0 radical (unpaired) electrons. The molecular formula is C14H14Cl2. The normalized spacial score (nSPS) is 9.25. The van der Waals surface area contributed by atoms with Gasteiger partial charge in [-0.05, 0) is 37.6 Å². The van der Waals surface area contributed by atoms with Gasteiger partial charge in [0.25, 0.3) is 0 Å². The molecule has 0 heterocycles. The number of rotatable bonds is 0. The third-order valence-corrected chi connectivity index (χ3v) is 2.38.